The zero-order valence-electron chi connectivity index (χ0n) is 16.3. The van der Waals surface area contributed by atoms with Gasteiger partial charge in [-0.3, -0.25) is 9.91 Å². The van der Waals surface area contributed by atoms with Crippen molar-refractivity contribution in [1.29, 1.82) is 0 Å². The molecule has 0 aromatic heterocycles. The van der Waals surface area contributed by atoms with Crippen LogP contribution in [0.15, 0.2) is 84.0 Å². The Labute approximate surface area is 166 Å². The van der Waals surface area contributed by atoms with Crippen LogP contribution in [-0.4, -0.2) is 41.8 Å². The maximum atomic E-state index is 4.88. The summed E-state index contributed by atoms with van der Waals surface area (Å²) in [5.41, 5.74) is 7.96. The molecule has 1 aliphatic heterocycles. The number of fused-ring (bicyclic) bond motifs is 3. The van der Waals surface area contributed by atoms with Gasteiger partial charge in [0.05, 0.1) is 11.8 Å². The topological polar surface area (TPSA) is 18.8 Å². The van der Waals surface area contributed by atoms with Crippen LogP contribution in [-0.2, 0) is 0 Å². The van der Waals surface area contributed by atoms with Gasteiger partial charge in [-0.05, 0) is 34.7 Å². The highest BCUT2D eigenvalue weighted by Gasteiger charge is 2.33. The van der Waals surface area contributed by atoms with E-state index in [9.17, 15) is 0 Å². The van der Waals surface area contributed by atoms with Crippen LogP contribution >= 0.6 is 0 Å². The molecule has 28 heavy (non-hydrogen) atoms. The van der Waals surface area contributed by atoms with Gasteiger partial charge in [0.25, 0.3) is 0 Å². The third kappa shape index (κ3) is 3.02. The van der Waals surface area contributed by atoms with Gasteiger partial charge >= 0.3 is 0 Å². The second kappa shape index (κ2) is 7.25. The van der Waals surface area contributed by atoms with Gasteiger partial charge < -0.3 is 0 Å². The van der Waals surface area contributed by atoms with Gasteiger partial charge in [-0.15, -0.1) is 0 Å². The molecule has 0 radical (unpaired) electrons. The van der Waals surface area contributed by atoms with Crippen molar-refractivity contribution in [3.8, 4) is 11.1 Å². The van der Waals surface area contributed by atoms with E-state index in [-0.39, 0.29) is 0 Å². The van der Waals surface area contributed by atoms with E-state index in [0.717, 1.165) is 31.9 Å². The van der Waals surface area contributed by atoms with Crippen molar-refractivity contribution in [2.45, 2.75) is 13.0 Å². The van der Waals surface area contributed by atoms with Crippen LogP contribution in [0.1, 0.15) is 29.7 Å². The summed E-state index contributed by atoms with van der Waals surface area (Å²) >= 11 is 0. The van der Waals surface area contributed by atoms with Gasteiger partial charge in [0.1, 0.15) is 0 Å². The van der Waals surface area contributed by atoms with Gasteiger partial charge in [0.15, 0.2) is 0 Å². The summed E-state index contributed by atoms with van der Waals surface area (Å²) in [6, 6.07) is 28.6. The summed E-state index contributed by atoms with van der Waals surface area (Å²) < 4.78 is 0. The highest BCUT2D eigenvalue weighted by atomic mass is 15.5. The molecule has 1 fully saturated rings. The molecule has 1 saturated heterocycles. The van der Waals surface area contributed by atoms with Gasteiger partial charge in [0.2, 0.25) is 0 Å². The van der Waals surface area contributed by atoms with Gasteiger partial charge in [-0.2, -0.15) is 5.10 Å². The molecule has 0 spiro atoms. The van der Waals surface area contributed by atoms with Crippen molar-refractivity contribution in [2.24, 2.45) is 5.10 Å². The lowest BCUT2D eigenvalue weighted by molar-refractivity contribution is 0.114. The predicted molar refractivity (Wildman–Crippen MR) is 116 cm³/mol. The highest BCUT2D eigenvalue weighted by Crippen LogP contribution is 2.46. The van der Waals surface area contributed by atoms with E-state index in [4.69, 9.17) is 5.10 Å². The Balaban J connectivity index is 1.35. The average Bonchev–Trinajstić information content (AvgIpc) is 3.09. The van der Waals surface area contributed by atoms with Crippen LogP contribution in [0, 0.1) is 0 Å². The molecule has 0 N–H and O–H groups in total. The molecule has 0 atom stereocenters. The Bertz CT molecular complexity index is 956. The molecular weight excluding hydrogens is 342 g/mol. The summed E-state index contributed by atoms with van der Waals surface area (Å²) in [4.78, 5) is 2.62. The molecule has 3 heteroatoms. The van der Waals surface area contributed by atoms with Crippen LogP contribution in [0.5, 0.6) is 0 Å². The fraction of sp³-hybridized carbons (Fsp3) is 0.240. The first-order valence-electron chi connectivity index (χ1n) is 10.1. The number of rotatable bonds is 3. The largest absolute Gasteiger partial charge is 0.294 e. The number of nitrogens with zero attached hydrogens (tertiary/aromatic N) is 3. The quantitative estimate of drug-likeness (QED) is 0.619. The summed E-state index contributed by atoms with van der Waals surface area (Å²) in [5, 5.41) is 7.11. The fourth-order valence-corrected chi connectivity index (χ4v) is 4.54. The average molecular weight is 367 g/mol. The lowest BCUT2D eigenvalue weighted by Crippen LogP contribution is -2.45. The first kappa shape index (κ1) is 17.2. The minimum absolute atomic E-state index is 0.369. The minimum atomic E-state index is 0.369. The van der Waals surface area contributed by atoms with Crippen LogP contribution in [0.4, 0.5) is 0 Å². The Morgan fingerprint density at radius 1 is 0.714 bits per heavy atom. The van der Waals surface area contributed by atoms with E-state index in [2.05, 4.69) is 89.6 Å². The molecule has 1 heterocycles. The second-order valence-corrected chi connectivity index (χ2v) is 7.62. The molecule has 2 aliphatic rings. The first-order chi connectivity index (χ1) is 13.8. The predicted octanol–water partition coefficient (Wildman–Crippen LogP) is 4.80. The Hall–Kier alpha value is -2.91. The Kier molecular flexibility index (Phi) is 4.46. The molecule has 0 saturated carbocycles. The van der Waals surface area contributed by atoms with Crippen molar-refractivity contribution in [3.63, 3.8) is 0 Å². The van der Waals surface area contributed by atoms with Gasteiger partial charge in [-0.1, -0.05) is 78.9 Å². The number of hydrogen-bond donors (Lipinski definition) is 0. The zero-order valence-corrected chi connectivity index (χ0v) is 16.3. The van der Waals surface area contributed by atoms with Crippen molar-refractivity contribution in [1.82, 2.24) is 9.91 Å². The third-order valence-electron chi connectivity index (χ3n) is 5.94. The van der Waals surface area contributed by atoms with E-state index >= 15 is 0 Å². The highest BCUT2D eigenvalue weighted by molar-refractivity contribution is 5.98. The standard InChI is InChI=1S/C25H25N3/c1-19(20-9-3-2-4-10-20)26-28-17-15-27(16-18-28)25-23-13-7-5-11-21(23)22-12-6-8-14-24(22)25/h2-14,25H,15-18H2,1H3. The SMILES string of the molecule is CC(=NN1CCN(C2c3ccccc3-c3ccccc32)CC1)c1ccccc1. The molecule has 1 aliphatic carbocycles. The Morgan fingerprint density at radius 2 is 1.25 bits per heavy atom. The van der Waals surface area contributed by atoms with Crippen molar-refractivity contribution >= 4 is 5.71 Å². The minimum Gasteiger partial charge on any atom is -0.294 e. The Morgan fingerprint density at radius 3 is 1.86 bits per heavy atom. The van der Waals surface area contributed by atoms with E-state index in [1.165, 1.54) is 27.8 Å². The number of hydrogen-bond acceptors (Lipinski definition) is 3. The first-order valence-corrected chi connectivity index (χ1v) is 10.1. The molecule has 3 nitrogen and oxygen atoms in total. The van der Waals surface area contributed by atoms with Crippen LogP contribution < -0.4 is 0 Å². The molecule has 3 aromatic rings. The van der Waals surface area contributed by atoms with Crippen LogP contribution in [0.25, 0.3) is 11.1 Å². The lowest BCUT2D eigenvalue weighted by Gasteiger charge is -2.37. The molecule has 0 unspecified atom stereocenters. The number of hydrazone groups is 1. The van der Waals surface area contributed by atoms with E-state index in [1.54, 1.807) is 0 Å². The summed E-state index contributed by atoms with van der Waals surface area (Å²) in [6.45, 7) is 6.08. The maximum absolute atomic E-state index is 4.88. The smallest absolute Gasteiger partial charge is 0.0646 e. The molecule has 0 bridgehead atoms. The lowest BCUT2D eigenvalue weighted by atomic mass is 10.0. The maximum Gasteiger partial charge on any atom is 0.0646 e. The summed E-state index contributed by atoms with van der Waals surface area (Å²) in [5.74, 6) is 0. The van der Waals surface area contributed by atoms with E-state index < -0.39 is 0 Å². The zero-order chi connectivity index (χ0) is 18.9. The van der Waals surface area contributed by atoms with Crippen molar-refractivity contribution < 1.29 is 0 Å². The van der Waals surface area contributed by atoms with E-state index in [1.807, 2.05) is 6.07 Å². The monoisotopic (exact) mass is 367 g/mol. The summed E-state index contributed by atoms with van der Waals surface area (Å²) in [6.07, 6.45) is 0. The number of piperazine rings is 1. The van der Waals surface area contributed by atoms with E-state index in [0.29, 0.717) is 6.04 Å². The molecular formula is C25H25N3. The van der Waals surface area contributed by atoms with Crippen molar-refractivity contribution in [3.05, 3.63) is 95.6 Å². The fourth-order valence-electron chi connectivity index (χ4n) is 4.54. The van der Waals surface area contributed by atoms with Crippen molar-refractivity contribution in [2.75, 3.05) is 26.2 Å². The number of benzene rings is 3. The summed E-state index contributed by atoms with van der Waals surface area (Å²) in [7, 11) is 0. The third-order valence-corrected chi connectivity index (χ3v) is 5.94. The normalized spacial score (nSPS) is 17.5. The molecule has 0 amide bonds. The van der Waals surface area contributed by atoms with Gasteiger partial charge in [0, 0.05) is 26.2 Å². The second-order valence-electron chi connectivity index (χ2n) is 7.62. The molecule has 5 rings (SSSR count). The molecule has 3 aromatic carbocycles. The van der Waals surface area contributed by atoms with Crippen LogP contribution in [0.3, 0.4) is 0 Å². The molecule has 140 valence electrons. The van der Waals surface area contributed by atoms with Gasteiger partial charge in [-0.25, -0.2) is 0 Å². The van der Waals surface area contributed by atoms with Crippen LogP contribution in [0.2, 0.25) is 0 Å².